The summed E-state index contributed by atoms with van der Waals surface area (Å²) in [6.07, 6.45) is 56.7. The fourth-order valence-corrected chi connectivity index (χ4v) is 6.92. The van der Waals surface area contributed by atoms with Crippen molar-refractivity contribution < 1.29 is 42.9 Å². The maximum atomic E-state index is 12.8. The molecular formula is C56H98NO8+. The molecule has 0 aliphatic heterocycles. The predicted octanol–water partition coefficient (Wildman–Crippen LogP) is 14.7. The minimum atomic E-state index is -1.52. The van der Waals surface area contributed by atoms with Crippen molar-refractivity contribution in [3.05, 3.63) is 72.9 Å². The standard InChI is InChI=1S/C56H97NO8/c1-6-8-10-12-14-16-18-20-22-24-25-26-27-28-29-31-33-35-37-39-41-43-45-47-54(59)65-52(51-64-56(55(60)61)62-49-48-57(3,4)5)50-63-53(58)46-44-42-40-38-36-34-32-30-23-21-19-17-15-13-11-9-7-2/h8,10,14,16,20-23,25-26,28-29,52,56H,6-7,9,11-13,15,17-19,24,27,30-51H2,1-5H3/p+1/b10-8-,16-14-,22-20-,23-21-,26-25-,29-28-. The molecule has 374 valence electrons. The fraction of sp³-hybridized carbons (Fsp3) is 0.732. The molecule has 0 fully saturated rings. The van der Waals surface area contributed by atoms with Crippen LogP contribution in [0.4, 0.5) is 0 Å². The van der Waals surface area contributed by atoms with Crippen molar-refractivity contribution in [3.8, 4) is 0 Å². The van der Waals surface area contributed by atoms with E-state index in [0.717, 1.165) is 83.5 Å². The molecule has 0 rings (SSSR count). The molecule has 0 aliphatic rings. The van der Waals surface area contributed by atoms with Gasteiger partial charge in [-0.05, 0) is 83.5 Å². The number of carboxylic acids is 1. The minimum absolute atomic E-state index is 0.181. The highest BCUT2D eigenvalue weighted by Crippen LogP contribution is 2.14. The van der Waals surface area contributed by atoms with E-state index >= 15 is 0 Å². The number of ether oxygens (including phenoxy) is 4. The molecule has 0 saturated carbocycles. The van der Waals surface area contributed by atoms with Crippen molar-refractivity contribution in [1.82, 2.24) is 0 Å². The average molecular weight is 913 g/mol. The third kappa shape index (κ3) is 48.5. The van der Waals surface area contributed by atoms with Crippen LogP contribution >= 0.6 is 0 Å². The van der Waals surface area contributed by atoms with Gasteiger partial charge in [-0.3, -0.25) is 9.59 Å². The van der Waals surface area contributed by atoms with Crippen molar-refractivity contribution >= 4 is 17.9 Å². The molecule has 0 amide bonds. The van der Waals surface area contributed by atoms with Gasteiger partial charge in [0, 0.05) is 12.8 Å². The van der Waals surface area contributed by atoms with Gasteiger partial charge in [0.1, 0.15) is 13.2 Å². The van der Waals surface area contributed by atoms with Crippen LogP contribution < -0.4 is 0 Å². The number of unbranched alkanes of at least 4 members (excludes halogenated alkanes) is 20. The Morgan fingerprint density at radius 2 is 0.877 bits per heavy atom. The second-order valence-electron chi connectivity index (χ2n) is 18.4. The second kappa shape index (κ2) is 47.2. The highest BCUT2D eigenvalue weighted by Gasteiger charge is 2.25. The molecule has 0 heterocycles. The number of rotatable bonds is 47. The third-order valence-corrected chi connectivity index (χ3v) is 10.9. The smallest absolute Gasteiger partial charge is 0.361 e. The largest absolute Gasteiger partial charge is 0.477 e. The normalized spacial score (nSPS) is 13.4. The van der Waals surface area contributed by atoms with E-state index in [9.17, 15) is 19.5 Å². The number of carbonyl (C=O) groups is 3. The van der Waals surface area contributed by atoms with E-state index in [2.05, 4.69) is 86.8 Å². The maximum Gasteiger partial charge on any atom is 0.361 e. The number of esters is 2. The SMILES string of the molecule is CC/C=C\C/C=C\C/C=C\C/C=C\C/C=C\CCCCCCCCCC(=O)OC(COC(=O)CCCCCCCCC/C=C\CCCCCCCC)COC(OCC[N+](C)(C)C)C(=O)O. The topological polar surface area (TPSA) is 108 Å². The molecule has 2 unspecified atom stereocenters. The monoisotopic (exact) mass is 913 g/mol. The van der Waals surface area contributed by atoms with E-state index in [1.54, 1.807) is 0 Å². The molecule has 0 radical (unpaired) electrons. The van der Waals surface area contributed by atoms with Gasteiger partial charge in [0.05, 0.1) is 34.4 Å². The Balaban J connectivity index is 4.37. The summed E-state index contributed by atoms with van der Waals surface area (Å²) in [6.45, 7) is 4.74. The van der Waals surface area contributed by atoms with Crippen molar-refractivity contribution in [3.63, 3.8) is 0 Å². The van der Waals surface area contributed by atoms with E-state index < -0.39 is 24.3 Å². The van der Waals surface area contributed by atoms with Crippen molar-refractivity contribution in [1.29, 1.82) is 0 Å². The molecule has 0 saturated heterocycles. The molecule has 65 heavy (non-hydrogen) atoms. The summed E-state index contributed by atoms with van der Waals surface area (Å²) in [6, 6.07) is 0. The lowest BCUT2D eigenvalue weighted by molar-refractivity contribution is -0.870. The minimum Gasteiger partial charge on any atom is -0.477 e. The van der Waals surface area contributed by atoms with Crippen molar-refractivity contribution in [2.75, 3.05) is 47.5 Å². The maximum absolute atomic E-state index is 12.8. The van der Waals surface area contributed by atoms with Crippen molar-refractivity contribution in [2.24, 2.45) is 0 Å². The van der Waals surface area contributed by atoms with Gasteiger partial charge in [-0.25, -0.2) is 4.79 Å². The number of quaternary nitrogens is 1. The third-order valence-electron chi connectivity index (χ3n) is 10.9. The molecule has 0 aliphatic carbocycles. The van der Waals surface area contributed by atoms with Crippen LogP contribution in [0.5, 0.6) is 0 Å². The molecule has 1 N–H and O–H groups in total. The number of carbonyl (C=O) groups excluding carboxylic acids is 2. The lowest BCUT2D eigenvalue weighted by Crippen LogP contribution is -2.40. The Morgan fingerprint density at radius 1 is 0.477 bits per heavy atom. The highest BCUT2D eigenvalue weighted by molar-refractivity contribution is 5.71. The quantitative estimate of drug-likeness (QED) is 0.0211. The van der Waals surface area contributed by atoms with Crippen LogP contribution in [0.2, 0.25) is 0 Å². The first kappa shape index (κ1) is 61.7. The summed E-state index contributed by atoms with van der Waals surface area (Å²) in [7, 11) is 5.95. The summed E-state index contributed by atoms with van der Waals surface area (Å²) in [4.78, 5) is 37.3. The Kier molecular flexibility index (Phi) is 44.9. The van der Waals surface area contributed by atoms with Crippen LogP contribution in [0.25, 0.3) is 0 Å². The summed E-state index contributed by atoms with van der Waals surface area (Å²) in [5, 5.41) is 9.67. The van der Waals surface area contributed by atoms with E-state index in [1.807, 2.05) is 21.1 Å². The zero-order chi connectivity index (χ0) is 47.7. The van der Waals surface area contributed by atoms with E-state index in [1.165, 1.54) is 89.9 Å². The van der Waals surface area contributed by atoms with Gasteiger partial charge in [0.2, 0.25) is 0 Å². The number of hydrogen-bond donors (Lipinski definition) is 1. The highest BCUT2D eigenvalue weighted by atomic mass is 16.7. The van der Waals surface area contributed by atoms with E-state index in [0.29, 0.717) is 23.9 Å². The van der Waals surface area contributed by atoms with Gasteiger partial charge in [-0.2, -0.15) is 0 Å². The molecule has 0 bridgehead atoms. The van der Waals surface area contributed by atoms with Gasteiger partial charge >= 0.3 is 17.9 Å². The lowest BCUT2D eigenvalue weighted by atomic mass is 10.1. The molecule has 2 atom stereocenters. The lowest BCUT2D eigenvalue weighted by Gasteiger charge is -2.25. The first-order valence-electron chi connectivity index (χ1n) is 26.1. The predicted molar refractivity (Wildman–Crippen MR) is 272 cm³/mol. The van der Waals surface area contributed by atoms with Crippen LogP contribution in [0.1, 0.15) is 206 Å². The Morgan fingerprint density at radius 3 is 1.32 bits per heavy atom. The molecule has 9 heteroatoms. The molecule has 0 aromatic carbocycles. The first-order chi connectivity index (χ1) is 31.6. The number of likely N-dealkylation sites (N-methyl/N-ethyl adjacent to an activating group) is 1. The molecule has 9 nitrogen and oxygen atoms in total. The zero-order valence-electron chi connectivity index (χ0n) is 42.4. The van der Waals surface area contributed by atoms with Crippen LogP contribution in [0.15, 0.2) is 72.9 Å². The number of aliphatic carboxylic acids is 1. The summed E-state index contributed by atoms with van der Waals surface area (Å²) >= 11 is 0. The summed E-state index contributed by atoms with van der Waals surface area (Å²) in [5.74, 6) is -2.03. The number of allylic oxidation sites excluding steroid dienone is 12. The Hall–Kier alpha value is -3.27. The molecular weight excluding hydrogens is 815 g/mol. The fourth-order valence-electron chi connectivity index (χ4n) is 6.92. The Bertz CT molecular complexity index is 1290. The van der Waals surface area contributed by atoms with Gasteiger partial charge in [0.25, 0.3) is 6.29 Å². The number of hydrogen-bond acceptors (Lipinski definition) is 7. The molecule has 0 spiro atoms. The van der Waals surface area contributed by atoms with Crippen LogP contribution in [-0.2, 0) is 33.3 Å². The summed E-state index contributed by atoms with van der Waals surface area (Å²) < 4.78 is 22.8. The first-order valence-corrected chi connectivity index (χ1v) is 26.1. The van der Waals surface area contributed by atoms with Gasteiger partial charge in [-0.15, -0.1) is 0 Å². The second-order valence-corrected chi connectivity index (χ2v) is 18.4. The number of carboxylic acid groups (broad SMARTS) is 1. The van der Waals surface area contributed by atoms with Crippen LogP contribution in [0, 0.1) is 0 Å². The van der Waals surface area contributed by atoms with Gasteiger partial charge in [-0.1, -0.05) is 183 Å². The molecule has 0 aromatic rings. The molecule has 0 aromatic heterocycles. The van der Waals surface area contributed by atoms with Gasteiger partial charge in [0.15, 0.2) is 6.10 Å². The van der Waals surface area contributed by atoms with Crippen molar-refractivity contribution in [2.45, 2.75) is 219 Å². The van der Waals surface area contributed by atoms with E-state index in [-0.39, 0.29) is 32.2 Å². The van der Waals surface area contributed by atoms with Crippen LogP contribution in [-0.4, -0.2) is 87.4 Å². The van der Waals surface area contributed by atoms with E-state index in [4.69, 9.17) is 18.9 Å². The Labute approximate surface area is 398 Å². The average Bonchev–Trinajstić information content (AvgIpc) is 3.27. The van der Waals surface area contributed by atoms with Gasteiger partial charge < -0.3 is 28.5 Å². The number of nitrogens with zero attached hydrogens (tertiary/aromatic N) is 1. The zero-order valence-corrected chi connectivity index (χ0v) is 42.4. The van der Waals surface area contributed by atoms with Crippen LogP contribution in [0.3, 0.4) is 0 Å². The summed E-state index contributed by atoms with van der Waals surface area (Å²) in [5.41, 5.74) is 0.